The van der Waals surface area contributed by atoms with Gasteiger partial charge >= 0.3 is 5.97 Å². The zero-order chi connectivity index (χ0) is 25.3. The molecule has 1 fully saturated rings. The van der Waals surface area contributed by atoms with Gasteiger partial charge in [0.15, 0.2) is 5.78 Å². The first-order valence-corrected chi connectivity index (χ1v) is 13.0. The normalized spacial score (nSPS) is 15.5. The van der Waals surface area contributed by atoms with Crippen LogP contribution in [0.15, 0.2) is 47.5 Å². The summed E-state index contributed by atoms with van der Waals surface area (Å²) in [6, 6.07) is 9.91. The van der Waals surface area contributed by atoms with Crippen molar-refractivity contribution in [3.8, 4) is 5.75 Å². The number of benzene rings is 1. The molecule has 0 aliphatic carbocycles. The average Bonchev–Trinajstić information content (AvgIpc) is 3.16. The molecular formula is C25H29N3O6S. The number of hydrogen-bond acceptors (Lipinski definition) is 6. The van der Waals surface area contributed by atoms with Crippen molar-refractivity contribution in [3.63, 3.8) is 0 Å². The van der Waals surface area contributed by atoms with E-state index in [1.54, 1.807) is 47.2 Å². The first-order valence-electron chi connectivity index (χ1n) is 11.6. The number of pyridine rings is 1. The van der Waals surface area contributed by atoms with Gasteiger partial charge in [-0.1, -0.05) is 0 Å². The zero-order valence-electron chi connectivity index (χ0n) is 20.0. The molecule has 0 saturated carbocycles. The number of ketones is 1. The molecule has 35 heavy (non-hydrogen) atoms. The number of aliphatic carboxylic acids is 1. The summed E-state index contributed by atoms with van der Waals surface area (Å²) in [6.07, 6.45) is 2.96. The molecule has 1 aliphatic heterocycles. The molecule has 2 aromatic heterocycles. The summed E-state index contributed by atoms with van der Waals surface area (Å²) in [6.45, 7) is 5.66. The van der Waals surface area contributed by atoms with E-state index in [1.807, 2.05) is 13.8 Å². The summed E-state index contributed by atoms with van der Waals surface area (Å²) in [5.41, 5.74) is 1.66. The molecule has 0 bridgehead atoms. The lowest BCUT2D eigenvalue weighted by Crippen LogP contribution is -2.37. The maximum atomic E-state index is 13.2. The van der Waals surface area contributed by atoms with Crippen LogP contribution in [0.5, 0.6) is 5.75 Å². The number of sulfonamides is 1. The molecule has 1 saturated heterocycles. The second-order valence-electron chi connectivity index (χ2n) is 9.05. The maximum Gasteiger partial charge on any atom is 0.323 e. The van der Waals surface area contributed by atoms with Crippen LogP contribution in [0.4, 0.5) is 0 Å². The number of fused-ring (bicyclic) bond motifs is 1. The number of ether oxygens (including phenoxy) is 1. The Morgan fingerprint density at radius 1 is 1.11 bits per heavy atom. The van der Waals surface area contributed by atoms with Crippen molar-refractivity contribution in [2.24, 2.45) is 0 Å². The molecule has 1 aliphatic rings. The van der Waals surface area contributed by atoms with E-state index in [0.29, 0.717) is 37.3 Å². The molecule has 0 spiro atoms. The van der Waals surface area contributed by atoms with Crippen LogP contribution in [0, 0.1) is 0 Å². The van der Waals surface area contributed by atoms with Gasteiger partial charge in [-0.3, -0.25) is 9.59 Å². The molecular weight excluding hydrogens is 470 g/mol. The van der Waals surface area contributed by atoms with E-state index in [2.05, 4.69) is 4.98 Å². The van der Waals surface area contributed by atoms with Gasteiger partial charge in [0, 0.05) is 31.6 Å². The van der Waals surface area contributed by atoms with Gasteiger partial charge in [0.1, 0.15) is 23.6 Å². The number of aromatic nitrogens is 2. The van der Waals surface area contributed by atoms with Crippen molar-refractivity contribution < 1.29 is 27.9 Å². The van der Waals surface area contributed by atoms with Crippen molar-refractivity contribution in [1.82, 2.24) is 13.9 Å². The highest BCUT2D eigenvalue weighted by Gasteiger charge is 2.31. The molecule has 186 valence electrons. The smallest absolute Gasteiger partial charge is 0.323 e. The van der Waals surface area contributed by atoms with E-state index in [0.717, 1.165) is 10.9 Å². The highest BCUT2D eigenvalue weighted by atomic mass is 32.2. The van der Waals surface area contributed by atoms with Gasteiger partial charge in [-0.15, -0.1) is 0 Å². The summed E-state index contributed by atoms with van der Waals surface area (Å²) >= 11 is 0. The first-order chi connectivity index (χ1) is 16.6. The highest BCUT2D eigenvalue weighted by Crippen LogP contribution is 2.35. The Bertz CT molecular complexity index is 1350. The lowest BCUT2D eigenvalue weighted by Gasteiger charge is -2.31. The second-order valence-corrected chi connectivity index (χ2v) is 11.0. The Hall–Kier alpha value is -3.24. The Labute approximate surface area is 204 Å². The third kappa shape index (κ3) is 5.23. The van der Waals surface area contributed by atoms with Crippen LogP contribution >= 0.6 is 0 Å². The number of carboxylic acids is 1. The number of piperidine rings is 1. The van der Waals surface area contributed by atoms with E-state index < -0.39 is 16.0 Å². The predicted molar refractivity (Wildman–Crippen MR) is 130 cm³/mol. The summed E-state index contributed by atoms with van der Waals surface area (Å²) in [5, 5.41) is 10.1. The SMILES string of the molecule is CC(=O)c1ccc2c(C3CCN(S(=O)(=O)c4ccc(OC(C)C)cc4)CC3)cn(CC(=O)O)c2n1. The number of nitrogens with zero attached hydrogens (tertiary/aromatic N) is 3. The van der Waals surface area contributed by atoms with E-state index in [-0.39, 0.29) is 34.9 Å². The number of carbonyl (C=O) groups is 2. The number of carbonyl (C=O) groups excluding carboxylic acids is 1. The van der Waals surface area contributed by atoms with Gasteiger partial charge < -0.3 is 14.4 Å². The second kappa shape index (κ2) is 9.79. The van der Waals surface area contributed by atoms with E-state index in [1.165, 1.54) is 11.2 Å². The Balaban J connectivity index is 1.54. The molecule has 0 amide bonds. The lowest BCUT2D eigenvalue weighted by atomic mass is 9.90. The van der Waals surface area contributed by atoms with Gasteiger partial charge in [0.2, 0.25) is 10.0 Å². The van der Waals surface area contributed by atoms with Crippen LogP contribution in [0.1, 0.15) is 55.6 Å². The fraction of sp³-hybridized carbons (Fsp3) is 0.400. The minimum atomic E-state index is -3.64. The van der Waals surface area contributed by atoms with Crippen LogP contribution in [0.2, 0.25) is 0 Å². The number of Topliss-reactive ketones (excluding diaryl/α,β-unsaturated/α-hetero) is 1. The fourth-order valence-corrected chi connectivity index (χ4v) is 5.97. The van der Waals surface area contributed by atoms with Crippen LogP contribution < -0.4 is 4.74 Å². The third-order valence-electron chi connectivity index (χ3n) is 6.15. The number of carboxylic acid groups (broad SMARTS) is 1. The third-order valence-corrected chi connectivity index (χ3v) is 8.06. The number of rotatable bonds is 8. The average molecular weight is 500 g/mol. The lowest BCUT2D eigenvalue weighted by molar-refractivity contribution is -0.137. The summed E-state index contributed by atoms with van der Waals surface area (Å²) in [4.78, 5) is 27.8. The van der Waals surface area contributed by atoms with Gasteiger partial charge in [-0.05, 0) is 74.6 Å². The maximum absolute atomic E-state index is 13.2. The Morgan fingerprint density at radius 3 is 2.34 bits per heavy atom. The van der Waals surface area contributed by atoms with E-state index in [4.69, 9.17) is 4.74 Å². The largest absolute Gasteiger partial charge is 0.491 e. The summed E-state index contributed by atoms with van der Waals surface area (Å²) in [5.74, 6) is -0.532. The monoisotopic (exact) mass is 499 g/mol. The quantitative estimate of drug-likeness (QED) is 0.470. The molecule has 0 radical (unpaired) electrons. The number of hydrogen-bond donors (Lipinski definition) is 1. The standard InChI is InChI=1S/C25H29N3O6S/c1-16(2)34-19-4-6-20(7-5-19)35(32,33)28-12-10-18(11-13-28)22-14-27(15-24(30)31)25-21(22)8-9-23(26-25)17(3)29/h4-9,14,16,18H,10-13,15H2,1-3H3,(H,30,31). The summed E-state index contributed by atoms with van der Waals surface area (Å²) in [7, 11) is -3.64. The molecule has 1 N–H and O–H groups in total. The van der Waals surface area contributed by atoms with Gasteiger partial charge in [-0.2, -0.15) is 4.31 Å². The van der Waals surface area contributed by atoms with Gasteiger partial charge in [0.25, 0.3) is 0 Å². The molecule has 10 heteroatoms. The van der Waals surface area contributed by atoms with Crippen molar-refractivity contribution in [2.75, 3.05) is 13.1 Å². The Kier molecular flexibility index (Phi) is 6.95. The van der Waals surface area contributed by atoms with Crippen LogP contribution in [-0.4, -0.2) is 58.3 Å². The molecule has 0 atom stereocenters. The van der Waals surface area contributed by atoms with Gasteiger partial charge in [-0.25, -0.2) is 13.4 Å². The minimum Gasteiger partial charge on any atom is -0.491 e. The van der Waals surface area contributed by atoms with Gasteiger partial charge in [0.05, 0.1) is 11.0 Å². The predicted octanol–water partition coefficient (Wildman–Crippen LogP) is 3.68. The van der Waals surface area contributed by atoms with Crippen LogP contribution in [0.3, 0.4) is 0 Å². The molecule has 1 aromatic carbocycles. The minimum absolute atomic E-state index is 0.00202. The van der Waals surface area contributed by atoms with Crippen molar-refractivity contribution in [3.05, 3.63) is 53.9 Å². The van der Waals surface area contributed by atoms with Crippen molar-refractivity contribution in [1.29, 1.82) is 0 Å². The molecule has 9 nitrogen and oxygen atoms in total. The Morgan fingerprint density at radius 2 is 1.77 bits per heavy atom. The first kappa shape index (κ1) is 24.9. The van der Waals surface area contributed by atoms with E-state index >= 15 is 0 Å². The summed E-state index contributed by atoms with van der Waals surface area (Å²) < 4.78 is 35.0. The molecule has 3 heterocycles. The van der Waals surface area contributed by atoms with Crippen molar-refractivity contribution in [2.45, 2.75) is 57.1 Å². The van der Waals surface area contributed by atoms with Crippen LogP contribution in [0.25, 0.3) is 11.0 Å². The van der Waals surface area contributed by atoms with E-state index in [9.17, 15) is 23.1 Å². The topological polar surface area (TPSA) is 119 Å². The van der Waals surface area contributed by atoms with Crippen LogP contribution in [-0.2, 0) is 21.4 Å². The fourth-order valence-electron chi connectivity index (χ4n) is 4.50. The molecule has 0 unspecified atom stereocenters. The molecule has 3 aromatic rings. The zero-order valence-corrected chi connectivity index (χ0v) is 20.8. The van der Waals surface area contributed by atoms with Crippen molar-refractivity contribution >= 4 is 32.8 Å². The molecule has 4 rings (SSSR count). The highest BCUT2D eigenvalue weighted by molar-refractivity contribution is 7.89.